The maximum Gasteiger partial charge on any atom is 0.189 e. The van der Waals surface area contributed by atoms with Gasteiger partial charge in [-0.25, -0.2) is 15.0 Å². The van der Waals surface area contributed by atoms with Crippen molar-refractivity contribution in [3.8, 4) is 23.6 Å². The first kappa shape index (κ1) is 13.1. The molecule has 0 bridgehead atoms. The summed E-state index contributed by atoms with van der Waals surface area (Å²) >= 11 is 0. The molecule has 0 aliphatic heterocycles. The van der Waals surface area contributed by atoms with Crippen molar-refractivity contribution in [2.75, 3.05) is 5.73 Å². The highest BCUT2D eigenvalue weighted by Crippen LogP contribution is 2.25. The molecule has 0 saturated heterocycles. The molecule has 1 aromatic carbocycles. The van der Waals surface area contributed by atoms with Crippen LogP contribution < -0.4 is 11.5 Å². The Morgan fingerprint density at radius 3 is 2.71 bits per heavy atom. The molecule has 0 radical (unpaired) electrons. The number of hydrogen-bond acceptors (Lipinski definition) is 4. The molecule has 0 spiro atoms. The molecule has 4 nitrogen and oxygen atoms in total. The Bertz CT molecular complexity index is 897. The van der Waals surface area contributed by atoms with Gasteiger partial charge in [0.05, 0.1) is 16.9 Å². The van der Waals surface area contributed by atoms with Gasteiger partial charge in [-0.15, -0.1) is 6.42 Å². The van der Waals surface area contributed by atoms with Crippen LogP contribution in [0.3, 0.4) is 0 Å². The number of fused-ring (bicyclic) bond motifs is 1. The van der Waals surface area contributed by atoms with Crippen molar-refractivity contribution < 1.29 is 0 Å². The largest absolute Gasteiger partial charge is 0.382 e. The fourth-order valence-corrected chi connectivity index (χ4v) is 2.29. The lowest BCUT2D eigenvalue weighted by Crippen LogP contribution is -2.15. The van der Waals surface area contributed by atoms with Crippen molar-refractivity contribution in [1.29, 1.82) is 0 Å². The van der Waals surface area contributed by atoms with Gasteiger partial charge in [0.15, 0.2) is 13.7 Å². The second kappa shape index (κ2) is 4.91. The van der Waals surface area contributed by atoms with Gasteiger partial charge in [0.25, 0.3) is 0 Å². The summed E-state index contributed by atoms with van der Waals surface area (Å²) in [5.74, 6) is 3.04. The number of nitrogens with two attached hydrogens (primary N) is 1. The molecular weight excluding hydrogens is 259 g/mol. The van der Waals surface area contributed by atoms with E-state index in [1.807, 2.05) is 45.1 Å². The minimum absolute atomic E-state index is 0.394. The quantitative estimate of drug-likeness (QED) is 0.526. The summed E-state index contributed by atoms with van der Waals surface area (Å²) in [5.41, 5.74) is 11.7. The molecule has 3 rings (SSSR count). The van der Waals surface area contributed by atoms with Gasteiger partial charge in [0.1, 0.15) is 5.52 Å². The third-order valence-corrected chi connectivity index (χ3v) is 3.36. The minimum atomic E-state index is 0.394. The summed E-state index contributed by atoms with van der Waals surface area (Å²) in [6.45, 7) is 2.02. The zero-order chi connectivity index (χ0) is 15.0. The third kappa shape index (κ3) is 2.32. The number of aromatic nitrogens is 3. The lowest BCUT2D eigenvalue weighted by molar-refractivity contribution is 1.26. The number of aryl methyl sites for hydroxylation is 1. The second-order valence-electron chi connectivity index (χ2n) is 4.89. The van der Waals surface area contributed by atoms with Crippen molar-refractivity contribution in [2.45, 2.75) is 6.92 Å². The lowest BCUT2D eigenvalue weighted by Gasteiger charge is -2.08. The first-order valence-electron chi connectivity index (χ1n) is 6.57. The van der Waals surface area contributed by atoms with Crippen molar-refractivity contribution in [1.82, 2.24) is 15.0 Å². The highest BCUT2D eigenvalue weighted by atomic mass is 15.0. The van der Waals surface area contributed by atoms with E-state index in [2.05, 4.69) is 20.9 Å². The van der Waals surface area contributed by atoms with Gasteiger partial charge in [-0.1, -0.05) is 12.0 Å². The van der Waals surface area contributed by atoms with Crippen molar-refractivity contribution in [3.05, 3.63) is 41.5 Å². The van der Waals surface area contributed by atoms with Gasteiger partial charge in [0, 0.05) is 11.1 Å². The van der Waals surface area contributed by atoms with E-state index in [1.54, 1.807) is 0 Å². The molecule has 5 heteroatoms. The Morgan fingerprint density at radius 1 is 1.14 bits per heavy atom. The van der Waals surface area contributed by atoms with Crippen LogP contribution >= 0.6 is 0 Å². The average molecular weight is 272 g/mol. The minimum Gasteiger partial charge on any atom is -0.382 e. The zero-order valence-electron chi connectivity index (χ0n) is 11.9. The highest BCUT2D eigenvalue weighted by molar-refractivity contribution is 6.29. The van der Waals surface area contributed by atoms with E-state index >= 15 is 0 Å². The molecular formula is C16H13BN4. The smallest absolute Gasteiger partial charge is 0.189 e. The first-order valence-corrected chi connectivity index (χ1v) is 6.57. The number of nitrogen functional groups attached to an aromatic ring is 1. The molecule has 0 aliphatic rings. The van der Waals surface area contributed by atoms with Gasteiger partial charge in [-0.05, 0) is 36.8 Å². The molecule has 2 heterocycles. The SMILES string of the molecule is Bc1nc(N)c2nc(-c3cc(C#C)ccc3C)ccc2n1. The number of rotatable bonds is 1. The summed E-state index contributed by atoms with van der Waals surface area (Å²) in [7, 11) is 1.81. The van der Waals surface area contributed by atoms with Crippen LogP contribution in [-0.2, 0) is 0 Å². The summed E-state index contributed by atoms with van der Waals surface area (Å²) < 4.78 is 0. The van der Waals surface area contributed by atoms with Crippen molar-refractivity contribution in [3.63, 3.8) is 0 Å². The van der Waals surface area contributed by atoms with E-state index in [1.165, 1.54) is 0 Å². The van der Waals surface area contributed by atoms with E-state index in [-0.39, 0.29) is 0 Å². The predicted octanol–water partition coefficient (Wildman–Crippen LogP) is 0.822. The van der Waals surface area contributed by atoms with Crippen molar-refractivity contribution in [2.24, 2.45) is 0 Å². The number of benzene rings is 1. The third-order valence-electron chi connectivity index (χ3n) is 3.36. The van der Waals surface area contributed by atoms with Crippen molar-refractivity contribution >= 4 is 30.4 Å². The van der Waals surface area contributed by atoms with Crippen LogP contribution in [0.5, 0.6) is 0 Å². The summed E-state index contributed by atoms with van der Waals surface area (Å²) in [5, 5.41) is 0. The Balaban J connectivity index is 2.25. The molecule has 0 fully saturated rings. The second-order valence-corrected chi connectivity index (χ2v) is 4.89. The topological polar surface area (TPSA) is 64.7 Å². The number of nitrogens with zero attached hydrogens (tertiary/aromatic N) is 3. The molecule has 3 aromatic rings. The summed E-state index contributed by atoms with van der Waals surface area (Å²) in [4.78, 5) is 13.1. The van der Waals surface area contributed by atoms with Gasteiger partial charge in [0.2, 0.25) is 0 Å². The monoisotopic (exact) mass is 272 g/mol. The normalized spacial score (nSPS) is 10.5. The van der Waals surface area contributed by atoms with E-state index in [9.17, 15) is 0 Å². The zero-order valence-corrected chi connectivity index (χ0v) is 11.9. The van der Waals surface area contributed by atoms with E-state index in [4.69, 9.17) is 12.2 Å². The van der Waals surface area contributed by atoms with E-state index in [0.717, 1.165) is 27.9 Å². The molecule has 0 unspecified atom stereocenters. The van der Waals surface area contributed by atoms with Crippen LogP contribution in [0.4, 0.5) is 5.82 Å². The van der Waals surface area contributed by atoms with Crippen LogP contribution in [0.25, 0.3) is 22.3 Å². The average Bonchev–Trinajstić information content (AvgIpc) is 2.47. The standard InChI is InChI=1S/C16H13BN4/c1-3-10-5-4-9(2)11(8-10)12-6-7-13-14(19-12)15(18)21-16(17)20-13/h1,4-8H,17H2,2H3,(H2,18,20,21). The maximum atomic E-state index is 5.95. The number of pyridine rings is 1. The molecule has 0 aliphatic carbocycles. The molecule has 0 saturated carbocycles. The highest BCUT2D eigenvalue weighted by Gasteiger charge is 2.09. The molecule has 2 N–H and O–H groups in total. The first-order chi connectivity index (χ1) is 10.1. The van der Waals surface area contributed by atoms with Gasteiger partial charge >= 0.3 is 0 Å². The Labute approximate surface area is 123 Å². The van der Waals surface area contributed by atoms with Gasteiger partial charge in [-0.3, -0.25) is 0 Å². The number of terminal acetylenes is 1. The number of hydrogen-bond donors (Lipinski definition) is 1. The molecule has 21 heavy (non-hydrogen) atoms. The lowest BCUT2D eigenvalue weighted by atomic mass is 10.0. The van der Waals surface area contributed by atoms with Crippen LogP contribution in [0.2, 0.25) is 0 Å². The fourth-order valence-electron chi connectivity index (χ4n) is 2.29. The Hall–Kier alpha value is -2.87. The fraction of sp³-hybridized carbons (Fsp3) is 0.0625. The summed E-state index contributed by atoms with van der Waals surface area (Å²) in [6.07, 6.45) is 5.47. The number of anilines is 1. The predicted molar refractivity (Wildman–Crippen MR) is 88.0 cm³/mol. The van der Waals surface area contributed by atoms with Gasteiger partial charge < -0.3 is 5.73 Å². The van der Waals surface area contributed by atoms with Crippen LogP contribution in [0.15, 0.2) is 30.3 Å². The summed E-state index contributed by atoms with van der Waals surface area (Å²) in [6, 6.07) is 9.70. The molecule has 0 amide bonds. The Kier molecular flexibility index (Phi) is 3.07. The maximum absolute atomic E-state index is 5.95. The molecule has 100 valence electrons. The molecule has 2 aromatic heterocycles. The van der Waals surface area contributed by atoms with E-state index < -0.39 is 0 Å². The van der Waals surface area contributed by atoms with Crippen LogP contribution in [0, 0.1) is 19.3 Å². The van der Waals surface area contributed by atoms with Crippen LogP contribution in [-0.4, -0.2) is 22.8 Å². The van der Waals surface area contributed by atoms with Gasteiger partial charge in [-0.2, -0.15) is 0 Å². The Morgan fingerprint density at radius 2 is 1.95 bits per heavy atom. The molecule has 0 atom stereocenters. The van der Waals surface area contributed by atoms with E-state index in [0.29, 0.717) is 17.1 Å². The van der Waals surface area contributed by atoms with Crippen LogP contribution in [0.1, 0.15) is 11.1 Å².